The van der Waals surface area contributed by atoms with E-state index in [9.17, 15) is 4.79 Å². The van der Waals surface area contributed by atoms with Crippen molar-refractivity contribution in [3.8, 4) is 5.75 Å². The first-order chi connectivity index (χ1) is 15.0. The van der Waals surface area contributed by atoms with Crippen LogP contribution in [0.1, 0.15) is 55.5 Å². The van der Waals surface area contributed by atoms with Crippen LogP contribution in [0.4, 0.5) is 0 Å². The van der Waals surface area contributed by atoms with Gasteiger partial charge < -0.3 is 14.6 Å². The first-order valence-corrected chi connectivity index (χ1v) is 12.0. The Labute approximate surface area is 192 Å². The molecule has 6 heteroatoms. The lowest BCUT2D eigenvalue weighted by atomic mass is 9.96. The molecule has 1 aromatic heterocycles. The zero-order valence-corrected chi connectivity index (χ0v) is 19.9. The molecule has 3 aromatic rings. The lowest BCUT2D eigenvalue weighted by Gasteiger charge is -2.31. The van der Waals surface area contributed by atoms with Gasteiger partial charge >= 0.3 is 0 Å². The van der Waals surface area contributed by atoms with Gasteiger partial charge in [-0.2, -0.15) is 0 Å². The van der Waals surface area contributed by atoms with Crippen LogP contribution >= 0.6 is 15.9 Å². The van der Waals surface area contributed by atoms with Gasteiger partial charge in [0, 0.05) is 25.4 Å². The molecular weight excluding hydrogens is 454 g/mol. The topological polar surface area (TPSA) is 58.2 Å². The Morgan fingerprint density at radius 2 is 2.03 bits per heavy atom. The van der Waals surface area contributed by atoms with Crippen LogP contribution in [0.5, 0.6) is 5.75 Å². The number of fused-ring (bicyclic) bond motifs is 1. The molecule has 1 aliphatic rings. The fraction of sp³-hybridized carbons (Fsp3) is 0.440. The van der Waals surface area contributed by atoms with Gasteiger partial charge in [0.05, 0.1) is 22.1 Å². The van der Waals surface area contributed by atoms with Gasteiger partial charge in [-0.15, -0.1) is 0 Å². The number of likely N-dealkylation sites (tertiary alicyclic amines) is 1. The van der Waals surface area contributed by atoms with Crippen molar-refractivity contribution in [1.29, 1.82) is 0 Å². The molecule has 0 bridgehead atoms. The molecule has 2 aromatic carbocycles. The Kier molecular flexibility index (Phi) is 6.96. The summed E-state index contributed by atoms with van der Waals surface area (Å²) in [5.74, 6) is 2.51. The fourth-order valence-corrected chi connectivity index (χ4v) is 4.72. The number of hydrogen-bond donors (Lipinski definition) is 1. The largest absolute Gasteiger partial charge is 0.492 e. The molecule has 2 heterocycles. The second-order valence-corrected chi connectivity index (χ2v) is 9.22. The third-order valence-corrected chi connectivity index (χ3v) is 6.71. The molecule has 0 atom stereocenters. The molecule has 4 rings (SSSR count). The summed E-state index contributed by atoms with van der Waals surface area (Å²) in [6.45, 7) is 6.36. The molecule has 0 radical (unpaired) electrons. The number of aromatic amines is 1. The number of aromatic nitrogens is 2. The van der Waals surface area contributed by atoms with E-state index in [0.717, 1.165) is 65.9 Å². The highest BCUT2D eigenvalue weighted by Crippen LogP contribution is 2.29. The Morgan fingerprint density at radius 3 is 2.77 bits per heavy atom. The highest BCUT2D eigenvalue weighted by Gasteiger charge is 2.25. The number of benzene rings is 2. The van der Waals surface area contributed by atoms with Gasteiger partial charge in [-0.1, -0.05) is 19.1 Å². The number of piperidine rings is 1. The van der Waals surface area contributed by atoms with Gasteiger partial charge in [0.15, 0.2) is 0 Å². The maximum Gasteiger partial charge on any atom is 0.222 e. The molecule has 0 saturated carbocycles. The standard InChI is InChI=1S/C25H30BrN3O2/c1-3-18-7-9-23(20(26)16-18)31-14-4-5-24(30)29-12-10-19(11-13-29)25-27-21-8-6-17(2)15-22(21)28-25/h6-9,15-16,19H,3-5,10-14H2,1-2H3,(H,27,28). The van der Waals surface area contributed by atoms with E-state index in [0.29, 0.717) is 18.9 Å². The normalized spacial score (nSPS) is 14.9. The molecule has 164 valence electrons. The maximum atomic E-state index is 12.6. The van der Waals surface area contributed by atoms with Crippen molar-refractivity contribution in [2.45, 2.75) is 51.9 Å². The van der Waals surface area contributed by atoms with Crippen molar-refractivity contribution in [3.63, 3.8) is 0 Å². The van der Waals surface area contributed by atoms with E-state index in [4.69, 9.17) is 9.72 Å². The molecular formula is C25H30BrN3O2. The van der Waals surface area contributed by atoms with Crippen molar-refractivity contribution in [2.75, 3.05) is 19.7 Å². The Balaban J connectivity index is 1.22. The number of rotatable bonds is 7. The summed E-state index contributed by atoms with van der Waals surface area (Å²) in [4.78, 5) is 22.9. The van der Waals surface area contributed by atoms with Gasteiger partial charge in [-0.25, -0.2) is 4.98 Å². The van der Waals surface area contributed by atoms with E-state index >= 15 is 0 Å². The predicted octanol–water partition coefficient (Wildman–Crippen LogP) is 5.76. The third-order valence-electron chi connectivity index (χ3n) is 6.09. The average Bonchev–Trinajstić information content (AvgIpc) is 3.20. The van der Waals surface area contributed by atoms with Gasteiger partial charge in [-0.05, 0) is 83.9 Å². The smallest absolute Gasteiger partial charge is 0.222 e. The van der Waals surface area contributed by atoms with E-state index in [-0.39, 0.29) is 5.91 Å². The molecule has 31 heavy (non-hydrogen) atoms. The van der Waals surface area contributed by atoms with Crippen molar-refractivity contribution < 1.29 is 9.53 Å². The summed E-state index contributed by atoms with van der Waals surface area (Å²) in [6, 6.07) is 12.5. The minimum Gasteiger partial charge on any atom is -0.492 e. The van der Waals surface area contributed by atoms with Crippen molar-refractivity contribution >= 4 is 32.9 Å². The number of amides is 1. The second-order valence-electron chi connectivity index (χ2n) is 8.37. The molecule has 1 amide bonds. The number of imidazole rings is 1. The van der Waals surface area contributed by atoms with E-state index in [1.807, 2.05) is 11.0 Å². The first-order valence-electron chi connectivity index (χ1n) is 11.2. The van der Waals surface area contributed by atoms with Crippen LogP contribution in [0, 0.1) is 6.92 Å². The zero-order valence-electron chi connectivity index (χ0n) is 18.3. The summed E-state index contributed by atoms with van der Waals surface area (Å²) in [5.41, 5.74) is 4.63. The number of nitrogens with zero attached hydrogens (tertiary/aromatic N) is 2. The van der Waals surface area contributed by atoms with E-state index in [1.165, 1.54) is 11.1 Å². The summed E-state index contributed by atoms with van der Waals surface area (Å²) in [7, 11) is 0. The zero-order chi connectivity index (χ0) is 21.8. The van der Waals surface area contributed by atoms with E-state index < -0.39 is 0 Å². The molecule has 1 N–H and O–H groups in total. The predicted molar refractivity (Wildman–Crippen MR) is 128 cm³/mol. The number of aryl methyl sites for hydroxylation is 2. The number of H-pyrrole nitrogens is 1. The van der Waals surface area contributed by atoms with Crippen LogP contribution in [0.2, 0.25) is 0 Å². The number of ether oxygens (including phenoxy) is 1. The molecule has 1 aliphatic heterocycles. The first kappa shape index (κ1) is 21.9. The molecule has 5 nitrogen and oxygen atoms in total. The quantitative estimate of drug-likeness (QED) is 0.434. The van der Waals surface area contributed by atoms with Gasteiger partial charge in [0.1, 0.15) is 11.6 Å². The van der Waals surface area contributed by atoms with Crippen LogP contribution < -0.4 is 4.74 Å². The van der Waals surface area contributed by atoms with Gasteiger partial charge in [0.2, 0.25) is 5.91 Å². The molecule has 1 saturated heterocycles. The SMILES string of the molecule is CCc1ccc(OCCCC(=O)N2CCC(c3nc4ccc(C)cc4[nH]3)CC2)c(Br)c1. The van der Waals surface area contributed by atoms with E-state index in [2.05, 4.69) is 65.1 Å². The third kappa shape index (κ3) is 5.29. The van der Waals surface area contributed by atoms with Gasteiger partial charge in [-0.3, -0.25) is 4.79 Å². The molecule has 0 aliphatic carbocycles. The highest BCUT2D eigenvalue weighted by molar-refractivity contribution is 9.10. The summed E-state index contributed by atoms with van der Waals surface area (Å²) in [5, 5.41) is 0. The number of carbonyl (C=O) groups is 1. The van der Waals surface area contributed by atoms with Crippen LogP contribution in [0.3, 0.4) is 0 Å². The van der Waals surface area contributed by atoms with Gasteiger partial charge in [0.25, 0.3) is 0 Å². The van der Waals surface area contributed by atoms with Crippen LogP contribution in [0.25, 0.3) is 11.0 Å². The lowest BCUT2D eigenvalue weighted by Crippen LogP contribution is -2.38. The summed E-state index contributed by atoms with van der Waals surface area (Å²) >= 11 is 3.56. The maximum absolute atomic E-state index is 12.6. The molecule has 1 fully saturated rings. The molecule has 0 spiro atoms. The van der Waals surface area contributed by atoms with Crippen molar-refractivity contribution in [2.24, 2.45) is 0 Å². The monoisotopic (exact) mass is 483 g/mol. The summed E-state index contributed by atoms with van der Waals surface area (Å²) in [6.07, 6.45) is 4.17. The van der Waals surface area contributed by atoms with Crippen LogP contribution in [-0.2, 0) is 11.2 Å². The number of hydrogen-bond acceptors (Lipinski definition) is 3. The minimum absolute atomic E-state index is 0.225. The van der Waals surface area contributed by atoms with E-state index in [1.54, 1.807) is 0 Å². The number of halogens is 1. The number of nitrogens with one attached hydrogen (secondary N) is 1. The fourth-order valence-electron chi connectivity index (χ4n) is 4.18. The Morgan fingerprint density at radius 1 is 1.23 bits per heavy atom. The number of carbonyl (C=O) groups excluding carboxylic acids is 1. The van der Waals surface area contributed by atoms with Crippen molar-refractivity contribution in [1.82, 2.24) is 14.9 Å². The van der Waals surface area contributed by atoms with Crippen LogP contribution in [0.15, 0.2) is 40.9 Å². The van der Waals surface area contributed by atoms with Crippen molar-refractivity contribution in [3.05, 3.63) is 57.8 Å². The highest BCUT2D eigenvalue weighted by atomic mass is 79.9. The average molecular weight is 484 g/mol. The Bertz CT molecular complexity index is 1050. The molecule has 0 unspecified atom stereocenters. The lowest BCUT2D eigenvalue weighted by molar-refractivity contribution is -0.132. The Hall–Kier alpha value is -2.34. The minimum atomic E-state index is 0.225. The second kappa shape index (κ2) is 9.86. The summed E-state index contributed by atoms with van der Waals surface area (Å²) < 4.78 is 6.83. The van der Waals surface area contributed by atoms with Crippen LogP contribution in [-0.4, -0.2) is 40.5 Å².